The molecule has 9 heteroatoms. The molecule has 136 valence electrons. The number of aromatic nitrogens is 3. The van der Waals surface area contributed by atoms with Gasteiger partial charge in [-0.15, -0.1) is 0 Å². The number of nitrogens with zero attached hydrogens (tertiary/aromatic N) is 2. The molecule has 4 N–H and O–H groups in total. The van der Waals surface area contributed by atoms with Gasteiger partial charge in [-0.2, -0.15) is 5.10 Å². The summed E-state index contributed by atoms with van der Waals surface area (Å²) in [7, 11) is 0. The molecule has 26 heavy (non-hydrogen) atoms. The van der Waals surface area contributed by atoms with E-state index in [1.807, 2.05) is 30.5 Å². The Hall–Kier alpha value is -3.20. The monoisotopic (exact) mass is 357 g/mol. The molecular weight excluding hydrogens is 338 g/mol. The zero-order chi connectivity index (χ0) is 18.7. The van der Waals surface area contributed by atoms with Crippen molar-refractivity contribution in [3.8, 4) is 0 Å². The number of para-hydroxylation sites is 1. The van der Waals surface area contributed by atoms with Gasteiger partial charge in [0.05, 0.1) is 17.6 Å². The first-order valence-electron chi connectivity index (χ1n) is 8.23. The lowest BCUT2D eigenvalue weighted by Crippen LogP contribution is -2.39. The fraction of sp³-hybridized carbons (Fsp3) is 0.294. The van der Waals surface area contributed by atoms with Crippen LogP contribution < -0.4 is 5.32 Å². The molecule has 1 unspecified atom stereocenters. The van der Waals surface area contributed by atoms with Crippen molar-refractivity contribution in [1.29, 1.82) is 0 Å². The molecule has 0 saturated carbocycles. The van der Waals surface area contributed by atoms with E-state index in [1.165, 1.54) is 0 Å². The van der Waals surface area contributed by atoms with E-state index in [4.69, 9.17) is 0 Å². The highest BCUT2D eigenvalue weighted by atomic mass is 16.6. The molecule has 0 fully saturated rings. The Morgan fingerprint density at radius 2 is 2.19 bits per heavy atom. The molecule has 0 radical (unpaired) electrons. The first kappa shape index (κ1) is 17.6. The molecule has 2 heterocycles. The van der Waals surface area contributed by atoms with Gasteiger partial charge in [0, 0.05) is 17.1 Å². The minimum Gasteiger partial charge on any atom is -0.394 e. The average Bonchev–Trinajstić information content (AvgIpc) is 3.25. The second-order valence-electron chi connectivity index (χ2n) is 5.93. The first-order valence-corrected chi connectivity index (χ1v) is 8.23. The minimum absolute atomic E-state index is 0.274. The second-order valence-corrected chi connectivity index (χ2v) is 5.93. The third kappa shape index (κ3) is 3.29. The number of carbonyl (C=O) groups is 1. The first-order chi connectivity index (χ1) is 12.5. The molecule has 0 aliphatic carbocycles. The molecule has 1 atom stereocenters. The maximum atomic E-state index is 12.4. The Kier molecular flexibility index (Phi) is 4.99. The Bertz CT molecular complexity index is 946. The van der Waals surface area contributed by atoms with Crippen molar-refractivity contribution in [1.82, 2.24) is 20.5 Å². The molecule has 3 rings (SSSR count). The number of aromatic amines is 2. The lowest BCUT2D eigenvalue weighted by molar-refractivity contribution is -0.385. The number of fused-ring (bicyclic) bond motifs is 1. The van der Waals surface area contributed by atoms with Gasteiger partial charge in [-0.1, -0.05) is 25.1 Å². The van der Waals surface area contributed by atoms with Crippen LogP contribution in [0.3, 0.4) is 0 Å². The Labute approximate surface area is 148 Å². The number of carbonyl (C=O) groups excluding carboxylic acids is 1. The lowest BCUT2D eigenvalue weighted by atomic mass is 10.1. The van der Waals surface area contributed by atoms with Gasteiger partial charge in [0.2, 0.25) is 5.69 Å². The third-order valence-electron chi connectivity index (χ3n) is 4.26. The van der Waals surface area contributed by atoms with Crippen LogP contribution in [0.25, 0.3) is 10.9 Å². The summed E-state index contributed by atoms with van der Waals surface area (Å²) in [6.45, 7) is 1.43. The number of amides is 1. The van der Waals surface area contributed by atoms with Crippen LogP contribution in [0.15, 0.2) is 30.5 Å². The van der Waals surface area contributed by atoms with Crippen molar-refractivity contribution < 1.29 is 14.8 Å². The van der Waals surface area contributed by atoms with Crippen molar-refractivity contribution in [2.45, 2.75) is 25.8 Å². The van der Waals surface area contributed by atoms with Crippen molar-refractivity contribution >= 4 is 22.5 Å². The van der Waals surface area contributed by atoms with E-state index in [0.29, 0.717) is 12.8 Å². The number of hydrogen-bond donors (Lipinski definition) is 4. The van der Waals surface area contributed by atoms with Crippen LogP contribution >= 0.6 is 0 Å². The Morgan fingerprint density at radius 3 is 2.88 bits per heavy atom. The number of aliphatic hydroxyl groups is 1. The quantitative estimate of drug-likeness (QED) is 0.377. The van der Waals surface area contributed by atoms with Gasteiger partial charge in [-0.3, -0.25) is 20.0 Å². The van der Waals surface area contributed by atoms with Crippen molar-refractivity contribution in [3.63, 3.8) is 0 Å². The van der Waals surface area contributed by atoms with E-state index < -0.39 is 16.9 Å². The fourth-order valence-electron chi connectivity index (χ4n) is 2.95. The summed E-state index contributed by atoms with van der Waals surface area (Å²) in [6.07, 6.45) is 2.56. The summed E-state index contributed by atoms with van der Waals surface area (Å²) in [5.74, 6) is -0.688. The minimum atomic E-state index is -0.688. The number of rotatable bonds is 7. The summed E-state index contributed by atoms with van der Waals surface area (Å²) < 4.78 is 0. The van der Waals surface area contributed by atoms with Gasteiger partial charge < -0.3 is 15.4 Å². The third-order valence-corrected chi connectivity index (χ3v) is 4.26. The summed E-state index contributed by atoms with van der Waals surface area (Å²) >= 11 is 0. The number of H-pyrrole nitrogens is 2. The number of aryl methyl sites for hydroxylation is 1. The molecule has 0 spiro atoms. The van der Waals surface area contributed by atoms with Crippen LogP contribution in [-0.4, -0.2) is 43.8 Å². The van der Waals surface area contributed by atoms with Crippen molar-refractivity contribution in [3.05, 3.63) is 57.5 Å². The highest BCUT2D eigenvalue weighted by Gasteiger charge is 2.29. The van der Waals surface area contributed by atoms with Crippen molar-refractivity contribution in [2.75, 3.05) is 6.61 Å². The van der Waals surface area contributed by atoms with E-state index >= 15 is 0 Å². The second kappa shape index (κ2) is 7.36. The Balaban J connectivity index is 1.79. The molecule has 2 aromatic heterocycles. The smallest absolute Gasteiger partial charge is 0.322 e. The number of nitrogens with one attached hydrogen (secondary N) is 3. The molecular formula is C17H19N5O4. The number of aliphatic hydroxyl groups excluding tert-OH is 1. The van der Waals surface area contributed by atoms with Crippen molar-refractivity contribution in [2.24, 2.45) is 0 Å². The highest BCUT2D eigenvalue weighted by molar-refractivity contribution is 5.96. The molecule has 1 aromatic carbocycles. The molecule has 0 saturated heterocycles. The fourth-order valence-corrected chi connectivity index (χ4v) is 2.95. The molecule has 0 bridgehead atoms. The lowest BCUT2D eigenvalue weighted by Gasteiger charge is -2.15. The van der Waals surface area contributed by atoms with Crippen LogP contribution in [0.1, 0.15) is 28.7 Å². The largest absolute Gasteiger partial charge is 0.394 e. The van der Waals surface area contributed by atoms with E-state index in [9.17, 15) is 20.0 Å². The molecule has 9 nitrogen and oxygen atoms in total. The SMILES string of the molecule is CCc1[nH]nc(C(=O)NC(CO)Cc2c[nH]c3ccccc23)c1[N+](=O)[O-]. The standard InChI is InChI=1S/C17H19N5O4/c1-2-13-16(22(25)26)15(21-20-13)17(24)19-11(9-23)7-10-8-18-14-6-4-3-5-12(10)14/h3-6,8,11,18,23H,2,7,9H2,1H3,(H,19,24)(H,20,21). The van der Waals surface area contributed by atoms with Crippen LogP contribution in [0.4, 0.5) is 5.69 Å². The van der Waals surface area contributed by atoms with Crippen LogP contribution in [-0.2, 0) is 12.8 Å². The number of hydrogen-bond acceptors (Lipinski definition) is 5. The number of nitro groups is 1. The zero-order valence-corrected chi connectivity index (χ0v) is 14.2. The van der Waals surface area contributed by atoms with E-state index in [1.54, 1.807) is 6.92 Å². The molecule has 1 amide bonds. The summed E-state index contributed by atoms with van der Waals surface area (Å²) in [4.78, 5) is 26.2. The van der Waals surface area contributed by atoms with Gasteiger partial charge in [-0.25, -0.2) is 0 Å². The van der Waals surface area contributed by atoms with Gasteiger partial charge in [0.15, 0.2) is 0 Å². The van der Waals surface area contributed by atoms with E-state index in [2.05, 4.69) is 20.5 Å². The normalized spacial score (nSPS) is 12.2. The maximum absolute atomic E-state index is 12.4. The topological polar surface area (TPSA) is 137 Å². The predicted octanol–water partition coefficient (Wildman–Crippen LogP) is 1.69. The zero-order valence-electron chi connectivity index (χ0n) is 14.2. The predicted molar refractivity (Wildman–Crippen MR) is 95.0 cm³/mol. The van der Waals surface area contributed by atoms with Crippen LogP contribution in [0.2, 0.25) is 0 Å². The van der Waals surface area contributed by atoms with Gasteiger partial charge in [0.1, 0.15) is 5.69 Å². The number of benzene rings is 1. The Morgan fingerprint density at radius 1 is 1.42 bits per heavy atom. The van der Waals surface area contributed by atoms with Gasteiger partial charge in [0.25, 0.3) is 5.91 Å². The van der Waals surface area contributed by atoms with Gasteiger partial charge >= 0.3 is 5.69 Å². The molecule has 3 aromatic rings. The highest BCUT2D eigenvalue weighted by Crippen LogP contribution is 2.22. The van der Waals surface area contributed by atoms with Gasteiger partial charge in [-0.05, 0) is 24.5 Å². The van der Waals surface area contributed by atoms with E-state index in [0.717, 1.165) is 16.5 Å². The maximum Gasteiger partial charge on any atom is 0.322 e. The molecule has 0 aliphatic rings. The van der Waals surface area contributed by atoms with E-state index in [-0.39, 0.29) is 23.7 Å². The van der Waals surface area contributed by atoms with Crippen LogP contribution in [0, 0.1) is 10.1 Å². The molecule has 0 aliphatic heterocycles. The van der Waals surface area contributed by atoms with Crippen LogP contribution in [0.5, 0.6) is 0 Å². The summed E-state index contributed by atoms with van der Waals surface area (Å²) in [5, 5.41) is 30.8. The summed E-state index contributed by atoms with van der Waals surface area (Å²) in [5.41, 5.74) is 1.59. The summed E-state index contributed by atoms with van der Waals surface area (Å²) in [6, 6.07) is 7.11. The average molecular weight is 357 g/mol.